The van der Waals surface area contributed by atoms with E-state index < -0.39 is 23.6 Å². The molecule has 1 atom stereocenters. The highest BCUT2D eigenvalue weighted by Crippen LogP contribution is 2.35. The molecule has 0 heterocycles. The molecule has 0 radical (unpaired) electrons. The van der Waals surface area contributed by atoms with E-state index in [1.165, 1.54) is 5.57 Å². The quantitative estimate of drug-likeness (QED) is 0.628. The van der Waals surface area contributed by atoms with Crippen LogP contribution in [0, 0.1) is 6.92 Å². The van der Waals surface area contributed by atoms with Crippen molar-refractivity contribution in [3.63, 3.8) is 0 Å². The van der Waals surface area contributed by atoms with Gasteiger partial charge in [0.05, 0.1) is 10.4 Å². The SMILES string of the molecule is Cc1ccc(S(=O)(=O)NC2(C)CCCC=C2C[Si](C)(C)C)cc1. The van der Waals surface area contributed by atoms with Crippen LogP contribution in [0.5, 0.6) is 0 Å². The number of nitrogens with one attached hydrogen (secondary N) is 1. The molecule has 1 aromatic rings. The Morgan fingerprint density at radius 2 is 1.78 bits per heavy atom. The molecule has 0 bridgehead atoms. The Hall–Kier alpha value is -0.913. The number of aryl methyl sites for hydroxylation is 1. The summed E-state index contributed by atoms with van der Waals surface area (Å²) < 4.78 is 28.6. The molecule has 23 heavy (non-hydrogen) atoms. The van der Waals surface area contributed by atoms with Gasteiger partial charge in [0.25, 0.3) is 0 Å². The number of allylic oxidation sites excluding steroid dienone is 1. The van der Waals surface area contributed by atoms with E-state index in [1.54, 1.807) is 12.1 Å². The lowest BCUT2D eigenvalue weighted by molar-refractivity contribution is 0.415. The van der Waals surface area contributed by atoms with Gasteiger partial charge in [0.2, 0.25) is 10.0 Å². The third kappa shape index (κ3) is 4.78. The van der Waals surface area contributed by atoms with Gasteiger partial charge in [-0.3, -0.25) is 0 Å². The second kappa shape index (κ2) is 6.53. The normalized spacial score (nSPS) is 22.7. The molecule has 1 N–H and O–H groups in total. The summed E-state index contributed by atoms with van der Waals surface area (Å²) in [4.78, 5) is 0.349. The summed E-state index contributed by atoms with van der Waals surface area (Å²) in [5.74, 6) is 0. The van der Waals surface area contributed by atoms with Crippen LogP contribution in [-0.4, -0.2) is 22.0 Å². The molecule has 0 saturated heterocycles. The van der Waals surface area contributed by atoms with Crippen molar-refractivity contribution in [3.8, 4) is 0 Å². The predicted molar refractivity (Wildman–Crippen MR) is 100.0 cm³/mol. The minimum atomic E-state index is -3.50. The minimum Gasteiger partial charge on any atom is -0.207 e. The van der Waals surface area contributed by atoms with Gasteiger partial charge in [0.1, 0.15) is 0 Å². The Kier molecular flexibility index (Phi) is 5.23. The summed E-state index contributed by atoms with van der Waals surface area (Å²) in [7, 11) is -4.80. The molecule has 1 aromatic carbocycles. The first-order valence-electron chi connectivity index (χ1n) is 8.32. The highest BCUT2D eigenvalue weighted by Gasteiger charge is 2.37. The van der Waals surface area contributed by atoms with Crippen LogP contribution in [0.1, 0.15) is 31.7 Å². The Labute approximate surface area is 142 Å². The van der Waals surface area contributed by atoms with Crippen LogP contribution in [-0.2, 0) is 10.0 Å². The van der Waals surface area contributed by atoms with Crippen LogP contribution < -0.4 is 4.72 Å². The lowest BCUT2D eigenvalue weighted by Gasteiger charge is -2.38. The number of sulfonamides is 1. The minimum absolute atomic E-state index is 0.349. The van der Waals surface area contributed by atoms with Crippen molar-refractivity contribution >= 4 is 18.1 Å². The highest BCUT2D eigenvalue weighted by molar-refractivity contribution is 7.89. The second-order valence-corrected chi connectivity index (χ2v) is 15.3. The zero-order valence-electron chi connectivity index (χ0n) is 14.9. The van der Waals surface area contributed by atoms with Crippen LogP contribution in [0.4, 0.5) is 0 Å². The first-order valence-corrected chi connectivity index (χ1v) is 13.5. The van der Waals surface area contributed by atoms with Crippen molar-refractivity contribution in [2.75, 3.05) is 0 Å². The van der Waals surface area contributed by atoms with Gasteiger partial charge in [-0.1, -0.05) is 49.0 Å². The van der Waals surface area contributed by atoms with Crippen LogP contribution in [0.15, 0.2) is 40.8 Å². The third-order valence-electron chi connectivity index (χ3n) is 4.39. The molecule has 1 aliphatic carbocycles. The second-order valence-electron chi connectivity index (χ2n) is 8.11. The van der Waals surface area contributed by atoms with Gasteiger partial charge in [-0.15, -0.1) is 0 Å². The first kappa shape index (κ1) is 18.4. The third-order valence-corrected chi connectivity index (χ3v) is 7.45. The smallest absolute Gasteiger partial charge is 0.207 e. The predicted octanol–water partition coefficient (Wildman–Crippen LogP) is 4.48. The molecule has 0 fully saturated rings. The standard InChI is InChI=1S/C18H29NO2SSi/c1-15-9-11-17(12-10-15)22(20,21)19-18(2)13-7-6-8-16(18)14-23(3,4)5/h8-12,19H,6-7,13-14H2,1-5H3. The molecule has 0 aliphatic heterocycles. The zero-order valence-corrected chi connectivity index (χ0v) is 16.8. The van der Waals surface area contributed by atoms with Crippen molar-refractivity contribution in [2.24, 2.45) is 0 Å². The van der Waals surface area contributed by atoms with E-state index in [0.717, 1.165) is 30.9 Å². The van der Waals surface area contributed by atoms with Gasteiger partial charge in [-0.05, 0) is 51.3 Å². The van der Waals surface area contributed by atoms with Crippen molar-refractivity contribution < 1.29 is 8.42 Å². The summed E-state index contributed by atoms with van der Waals surface area (Å²) in [6, 6.07) is 8.10. The molecule has 2 rings (SSSR count). The van der Waals surface area contributed by atoms with Crippen LogP contribution >= 0.6 is 0 Å². The first-order chi connectivity index (χ1) is 10.5. The van der Waals surface area contributed by atoms with Crippen LogP contribution in [0.2, 0.25) is 25.7 Å². The fraction of sp³-hybridized carbons (Fsp3) is 0.556. The summed E-state index contributed by atoms with van der Waals surface area (Å²) >= 11 is 0. The lowest BCUT2D eigenvalue weighted by atomic mass is 9.83. The maximum Gasteiger partial charge on any atom is 0.241 e. The van der Waals surface area contributed by atoms with Gasteiger partial charge >= 0.3 is 0 Å². The molecule has 3 nitrogen and oxygen atoms in total. The average Bonchev–Trinajstić information content (AvgIpc) is 2.40. The van der Waals surface area contributed by atoms with E-state index in [1.807, 2.05) is 26.0 Å². The van der Waals surface area contributed by atoms with Crippen molar-refractivity contribution in [3.05, 3.63) is 41.5 Å². The molecular formula is C18H29NO2SSi. The zero-order chi connectivity index (χ0) is 17.3. The van der Waals surface area contributed by atoms with E-state index in [9.17, 15) is 8.42 Å². The topological polar surface area (TPSA) is 46.2 Å². The van der Waals surface area contributed by atoms with Gasteiger partial charge in [0, 0.05) is 8.07 Å². The summed E-state index contributed by atoms with van der Waals surface area (Å²) in [5.41, 5.74) is 1.88. The maximum atomic E-state index is 12.8. The fourth-order valence-electron chi connectivity index (χ4n) is 3.15. The molecule has 1 aliphatic rings. The van der Waals surface area contributed by atoms with E-state index in [4.69, 9.17) is 0 Å². The summed E-state index contributed by atoms with van der Waals surface area (Å²) in [6.07, 6.45) is 5.22. The van der Waals surface area contributed by atoms with Crippen LogP contribution in [0.3, 0.4) is 0 Å². The van der Waals surface area contributed by atoms with E-state index in [-0.39, 0.29) is 0 Å². The van der Waals surface area contributed by atoms with Gasteiger partial charge < -0.3 is 0 Å². The summed E-state index contributed by atoms with van der Waals surface area (Å²) in [6.45, 7) is 11.0. The number of rotatable bonds is 5. The van der Waals surface area contributed by atoms with Crippen molar-refractivity contribution in [1.82, 2.24) is 4.72 Å². The molecule has 128 valence electrons. The van der Waals surface area contributed by atoms with E-state index >= 15 is 0 Å². The summed E-state index contributed by atoms with van der Waals surface area (Å²) in [5, 5.41) is 0. The number of hydrogen-bond acceptors (Lipinski definition) is 2. The van der Waals surface area contributed by atoms with Gasteiger partial charge in [-0.25, -0.2) is 13.1 Å². The largest absolute Gasteiger partial charge is 0.241 e. The highest BCUT2D eigenvalue weighted by atomic mass is 32.2. The van der Waals surface area contributed by atoms with Crippen molar-refractivity contribution in [2.45, 2.75) is 69.2 Å². The van der Waals surface area contributed by atoms with Crippen LogP contribution in [0.25, 0.3) is 0 Å². The average molecular weight is 352 g/mol. The lowest BCUT2D eigenvalue weighted by Crippen LogP contribution is -2.49. The molecule has 0 aromatic heterocycles. The molecule has 5 heteroatoms. The Balaban J connectivity index is 2.29. The Morgan fingerprint density at radius 1 is 1.17 bits per heavy atom. The molecule has 0 saturated carbocycles. The molecule has 0 amide bonds. The Bertz CT molecular complexity index is 687. The Morgan fingerprint density at radius 3 is 2.35 bits per heavy atom. The molecular weight excluding hydrogens is 322 g/mol. The monoisotopic (exact) mass is 351 g/mol. The maximum absolute atomic E-state index is 12.8. The van der Waals surface area contributed by atoms with Gasteiger partial charge in [-0.2, -0.15) is 0 Å². The molecule has 1 unspecified atom stereocenters. The van der Waals surface area contributed by atoms with Gasteiger partial charge in [0.15, 0.2) is 0 Å². The number of hydrogen-bond donors (Lipinski definition) is 1. The van der Waals surface area contributed by atoms with E-state index in [0.29, 0.717) is 4.90 Å². The van der Waals surface area contributed by atoms with E-state index in [2.05, 4.69) is 30.4 Å². The fourth-order valence-corrected chi connectivity index (χ4v) is 6.26. The van der Waals surface area contributed by atoms with Crippen molar-refractivity contribution in [1.29, 1.82) is 0 Å². The number of benzene rings is 1. The molecule has 0 spiro atoms.